The van der Waals surface area contributed by atoms with Crippen molar-refractivity contribution in [2.45, 2.75) is 19.8 Å². The normalized spacial score (nSPS) is 11.2. The van der Waals surface area contributed by atoms with Gasteiger partial charge in [0, 0.05) is 12.1 Å². The van der Waals surface area contributed by atoms with Gasteiger partial charge in [0.05, 0.1) is 12.8 Å². The Morgan fingerprint density at radius 2 is 2.11 bits per heavy atom. The van der Waals surface area contributed by atoms with Crippen molar-refractivity contribution in [3.05, 3.63) is 23.0 Å². The summed E-state index contributed by atoms with van der Waals surface area (Å²) in [5, 5.41) is 0. The van der Waals surface area contributed by atoms with Crippen molar-refractivity contribution in [3.63, 3.8) is 0 Å². The van der Waals surface area contributed by atoms with Crippen molar-refractivity contribution in [3.8, 4) is 5.75 Å². The molecule has 2 N–H and O–H groups in total. The number of aryl methyl sites for hydroxylation is 1. The van der Waals surface area contributed by atoms with E-state index in [-0.39, 0.29) is 23.5 Å². The van der Waals surface area contributed by atoms with E-state index < -0.39 is 18.1 Å². The summed E-state index contributed by atoms with van der Waals surface area (Å²) in [7, 11) is 1.14. The number of hydrogen-bond acceptors (Lipinski definition) is 5. The number of rotatable bonds is 3. The van der Waals surface area contributed by atoms with Crippen molar-refractivity contribution < 1.29 is 27.4 Å². The molecule has 5 nitrogen and oxygen atoms in total. The summed E-state index contributed by atoms with van der Waals surface area (Å²) in [6.45, 7) is 1.06. The van der Waals surface area contributed by atoms with Gasteiger partial charge < -0.3 is 15.2 Å². The Bertz CT molecular complexity index is 460. The van der Waals surface area contributed by atoms with Gasteiger partial charge in [-0.2, -0.15) is 0 Å². The molecule has 0 amide bonds. The van der Waals surface area contributed by atoms with Crippen molar-refractivity contribution in [2.75, 3.05) is 7.11 Å². The lowest BCUT2D eigenvalue weighted by molar-refractivity contribution is -0.275. The summed E-state index contributed by atoms with van der Waals surface area (Å²) in [6, 6.07) is 1.11. The van der Waals surface area contributed by atoms with Crippen LogP contribution in [0.25, 0.3) is 0 Å². The number of alkyl halides is 3. The number of esters is 1. The number of ether oxygens (including phenoxy) is 2. The number of hydrogen-bond donors (Lipinski definition) is 1. The summed E-state index contributed by atoms with van der Waals surface area (Å²) in [5.41, 5.74) is 5.14. The van der Waals surface area contributed by atoms with Gasteiger partial charge in [0.2, 0.25) is 0 Å². The van der Waals surface area contributed by atoms with Gasteiger partial charge in [0.15, 0.2) is 5.75 Å². The fourth-order valence-electron chi connectivity index (χ4n) is 1.34. The minimum absolute atomic E-state index is 0.0280. The second kappa shape index (κ2) is 5.21. The third kappa shape index (κ3) is 3.33. The first-order chi connectivity index (χ1) is 8.28. The van der Waals surface area contributed by atoms with Crippen LogP contribution < -0.4 is 10.5 Å². The summed E-state index contributed by atoms with van der Waals surface area (Å²) in [5.74, 6) is -1.25. The summed E-state index contributed by atoms with van der Waals surface area (Å²) >= 11 is 0. The Morgan fingerprint density at radius 1 is 1.50 bits per heavy atom. The Hall–Kier alpha value is -1.83. The van der Waals surface area contributed by atoms with E-state index in [0.29, 0.717) is 0 Å². The number of nitrogens with zero attached hydrogens (tertiary/aromatic N) is 1. The van der Waals surface area contributed by atoms with E-state index in [9.17, 15) is 18.0 Å². The number of carbonyl (C=O) groups is 1. The lowest BCUT2D eigenvalue weighted by Gasteiger charge is -2.15. The molecule has 0 saturated heterocycles. The predicted molar refractivity (Wildman–Crippen MR) is 54.9 cm³/mol. The van der Waals surface area contributed by atoms with Gasteiger partial charge in [-0.25, -0.2) is 9.78 Å². The third-order valence-electron chi connectivity index (χ3n) is 2.05. The highest BCUT2D eigenvalue weighted by Crippen LogP contribution is 2.29. The molecule has 0 aliphatic heterocycles. The van der Waals surface area contributed by atoms with Crippen LogP contribution in [0.2, 0.25) is 0 Å². The van der Waals surface area contributed by atoms with Gasteiger partial charge in [-0.15, -0.1) is 13.2 Å². The lowest BCUT2D eigenvalue weighted by atomic mass is 10.1. The molecule has 1 aromatic rings. The zero-order valence-corrected chi connectivity index (χ0v) is 9.67. The summed E-state index contributed by atoms with van der Waals surface area (Å²) in [6.07, 6.45) is -4.84. The van der Waals surface area contributed by atoms with Crippen molar-refractivity contribution in [1.82, 2.24) is 4.98 Å². The second-order valence-corrected chi connectivity index (χ2v) is 3.32. The van der Waals surface area contributed by atoms with Crippen molar-refractivity contribution >= 4 is 5.97 Å². The van der Waals surface area contributed by atoms with Crippen LogP contribution in [0.5, 0.6) is 5.75 Å². The minimum atomic E-state index is -4.84. The Morgan fingerprint density at radius 3 is 2.56 bits per heavy atom. The molecule has 0 aliphatic carbocycles. The minimum Gasteiger partial charge on any atom is -0.464 e. The smallest absolute Gasteiger partial charge is 0.464 e. The van der Waals surface area contributed by atoms with Crippen LogP contribution in [0, 0.1) is 6.92 Å². The van der Waals surface area contributed by atoms with E-state index in [2.05, 4.69) is 14.5 Å². The Balaban J connectivity index is 3.24. The van der Waals surface area contributed by atoms with Crippen molar-refractivity contribution in [1.29, 1.82) is 0 Å². The third-order valence-corrected chi connectivity index (χ3v) is 2.05. The maximum absolute atomic E-state index is 12.2. The Kier molecular flexibility index (Phi) is 4.12. The van der Waals surface area contributed by atoms with Crippen LogP contribution in [0.1, 0.15) is 21.7 Å². The van der Waals surface area contributed by atoms with E-state index in [1.807, 2.05) is 0 Å². The average Bonchev–Trinajstić information content (AvgIpc) is 2.28. The first-order valence-corrected chi connectivity index (χ1v) is 4.83. The molecule has 0 spiro atoms. The molecule has 8 heteroatoms. The van der Waals surface area contributed by atoms with E-state index in [1.165, 1.54) is 6.92 Å². The van der Waals surface area contributed by atoms with Crippen molar-refractivity contribution in [2.24, 2.45) is 5.73 Å². The van der Waals surface area contributed by atoms with Gasteiger partial charge >= 0.3 is 12.3 Å². The lowest BCUT2D eigenvalue weighted by Crippen LogP contribution is -2.20. The topological polar surface area (TPSA) is 74.4 Å². The predicted octanol–water partition coefficient (Wildman–Crippen LogP) is 1.53. The summed E-state index contributed by atoms with van der Waals surface area (Å²) in [4.78, 5) is 14.9. The van der Waals surface area contributed by atoms with Gasteiger partial charge in [0.25, 0.3) is 0 Å². The zero-order chi connectivity index (χ0) is 13.9. The molecule has 0 fully saturated rings. The zero-order valence-electron chi connectivity index (χ0n) is 9.67. The maximum Gasteiger partial charge on any atom is 0.573 e. The molecular weight excluding hydrogens is 253 g/mol. The number of pyridine rings is 1. The van der Waals surface area contributed by atoms with Gasteiger partial charge in [-0.05, 0) is 13.0 Å². The molecule has 0 saturated carbocycles. The molecule has 1 rings (SSSR count). The van der Waals surface area contributed by atoms with E-state index in [1.54, 1.807) is 0 Å². The molecule has 0 bridgehead atoms. The highest BCUT2D eigenvalue weighted by Gasteiger charge is 2.33. The molecule has 18 heavy (non-hydrogen) atoms. The van der Waals surface area contributed by atoms with Crippen LogP contribution >= 0.6 is 0 Å². The molecule has 0 aromatic carbocycles. The molecule has 0 atom stereocenters. The highest BCUT2D eigenvalue weighted by atomic mass is 19.4. The summed E-state index contributed by atoms with van der Waals surface area (Å²) < 4.78 is 44.8. The molecule has 100 valence electrons. The van der Waals surface area contributed by atoms with E-state index in [0.717, 1.165) is 13.2 Å². The number of aromatic nitrogens is 1. The molecule has 1 aromatic heterocycles. The highest BCUT2D eigenvalue weighted by molar-refractivity contribution is 5.87. The Labute approximate surface area is 101 Å². The molecular formula is C10H11F3N2O3. The number of methoxy groups -OCH3 is 1. The first kappa shape index (κ1) is 14.2. The van der Waals surface area contributed by atoms with Crippen LogP contribution in [-0.4, -0.2) is 24.4 Å². The van der Waals surface area contributed by atoms with Gasteiger partial charge in [0.1, 0.15) is 5.69 Å². The number of nitrogens with two attached hydrogens (primary N) is 1. The average molecular weight is 264 g/mol. The standard InChI is InChI=1S/C10H11F3N2O3/c1-5-8(18-10(11,12)13)6(4-14)3-7(15-5)9(16)17-2/h3H,4,14H2,1-2H3. The van der Waals surface area contributed by atoms with Crippen LogP contribution in [0.4, 0.5) is 13.2 Å². The van der Waals surface area contributed by atoms with E-state index >= 15 is 0 Å². The molecule has 0 aliphatic rings. The van der Waals surface area contributed by atoms with Crippen LogP contribution in [0.3, 0.4) is 0 Å². The monoisotopic (exact) mass is 264 g/mol. The van der Waals surface area contributed by atoms with Gasteiger partial charge in [-0.1, -0.05) is 0 Å². The van der Waals surface area contributed by atoms with Crippen LogP contribution in [0.15, 0.2) is 6.07 Å². The quantitative estimate of drug-likeness (QED) is 0.838. The fourth-order valence-corrected chi connectivity index (χ4v) is 1.34. The fraction of sp³-hybridized carbons (Fsp3) is 0.400. The van der Waals surface area contributed by atoms with Gasteiger partial charge in [-0.3, -0.25) is 0 Å². The molecule has 0 radical (unpaired) electrons. The number of carbonyl (C=O) groups excluding carboxylic acids is 1. The SMILES string of the molecule is COC(=O)c1cc(CN)c(OC(F)(F)F)c(C)n1. The van der Waals surface area contributed by atoms with E-state index in [4.69, 9.17) is 5.73 Å². The molecule has 0 unspecified atom stereocenters. The van der Waals surface area contributed by atoms with Crippen LogP contribution in [-0.2, 0) is 11.3 Å². The molecule has 1 heterocycles. The first-order valence-electron chi connectivity index (χ1n) is 4.83. The largest absolute Gasteiger partial charge is 0.573 e. The number of halogens is 3. The maximum atomic E-state index is 12.2. The second-order valence-electron chi connectivity index (χ2n) is 3.32.